The Labute approximate surface area is 141 Å². The van der Waals surface area contributed by atoms with Gasteiger partial charge >= 0.3 is 0 Å². The van der Waals surface area contributed by atoms with E-state index in [-0.39, 0.29) is 10.2 Å². The monoisotopic (exact) mass is 359 g/mol. The zero-order valence-corrected chi connectivity index (χ0v) is 15.8. The van der Waals surface area contributed by atoms with Gasteiger partial charge < -0.3 is 8.84 Å². The first kappa shape index (κ1) is 17.4. The first-order valence-corrected chi connectivity index (χ1v) is 10.5. The van der Waals surface area contributed by atoms with Crippen LogP contribution in [0.15, 0.2) is 16.7 Å². The molecule has 0 saturated carbocycles. The molecule has 0 spiro atoms. The fourth-order valence-corrected chi connectivity index (χ4v) is 2.61. The van der Waals surface area contributed by atoms with Crippen LogP contribution >= 0.6 is 23.2 Å². The van der Waals surface area contributed by atoms with Crippen molar-refractivity contribution in [3.05, 3.63) is 28.3 Å². The van der Waals surface area contributed by atoms with Crippen LogP contribution in [0.25, 0.3) is 11.5 Å². The maximum Gasteiger partial charge on any atom is 0.249 e. The highest BCUT2D eigenvalue weighted by Gasteiger charge is 2.37. The lowest BCUT2D eigenvalue weighted by Gasteiger charge is -2.35. The van der Waals surface area contributed by atoms with Crippen LogP contribution in [0.5, 0.6) is 0 Å². The summed E-state index contributed by atoms with van der Waals surface area (Å²) in [6, 6.07) is 1.64. The maximum atomic E-state index is 6.05. The predicted octanol–water partition coefficient (Wildman–Crippen LogP) is 4.96. The topological polar surface area (TPSA) is 61.0 Å². The fourth-order valence-electron chi connectivity index (χ4n) is 1.43. The standard InChI is InChI=1S/C14H19Cl2N3O2Si/c1-14(2,3)22(4,5)20-8-11-18-19-13(21-11)9-6-10(15)12(16)17-7-9/h6-7H,8H2,1-5H3. The van der Waals surface area contributed by atoms with Gasteiger partial charge in [-0.2, -0.15) is 0 Å². The van der Waals surface area contributed by atoms with Gasteiger partial charge in [-0.3, -0.25) is 0 Å². The van der Waals surface area contributed by atoms with Crippen molar-refractivity contribution in [3.8, 4) is 11.5 Å². The minimum Gasteiger partial charge on any atom is -0.418 e. The lowest BCUT2D eigenvalue weighted by Crippen LogP contribution is -2.40. The van der Waals surface area contributed by atoms with Crippen molar-refractivity contribution in [1.82, 2.24) is 15.2 Å². The van der Waals surface area contributed by atoms with Crippen LogP contribution in [0.3, 0.4) is 0 Å². The Morgan fingerprint density at radius 3 is 2.50 bits per heavy atom. The first-order chi connectivity index (χ1) is 10.1. The van der Waals surface area contributed by atoms with E-state index in [1.165, 1.54) is 0 Å². The van der Waals surface area contributed by atoms with Crippen LogP contribution in [0.1, 0.15) is 26.7 Å². The minimum absolute atomic E-state index is 0.128. The summed E-state index contributed by atoms with van der Waals surface area (Å²) < 4.78 is 11.7. The summed E-state index contributed by atoms with van der Waals surface area (Å²) >= 11 is 11.7. The smallest absolute Gasteiger partial charge is 0.249 e. The van der Waals surface area contributed by atoms with E-state index in [1.54, 1.807) is 12.3 Å². The van der Waals surface area contributed by atoms with E-state index >= 15 is 0 Å². The second kappa shape index (κ2) is 6.27. The van der Waals surface area contributed by atoms with Gasteiger partial charge in [0.05, 0.1) is 10.6 Å². The molecule has 0 unspecified atom stereocenters. The van der Waals surface area contributed by atoms with Gasteiger partial charge in [-0.25, -0.2) is 4.98 Å². The van der Waals surface area contributed by atoms with Gasteiger partial charge in [0.1, 0.15) is 11.8 Å². The van der Waals surface area contributed by atoms with Crippen molar-refractivity contribution in [2.24, 2.45) is 0 Å². The second-order valence-electron chi connectivity index (χ2n) is 6.55. The molecule has 0 amide bonds. The van der Waals surface area contributed by atoms with Gasteiger partial charge in [-0.15, -0.1) is 10.2 Å². The van der Waals surface area contributed by atoms with Crippen LogP contribution in [0.2, 0.25) is 28.3 Å². The van der Waals surface area contributed by atoms with Crippen molar-refractivity contribution in [1.29, 1.82) is 0 Å². The van der Waals surface area contributed by atoms with E-state index in [0.717, 1.165) is 0 Å². The van der Waals surface area contributed by atoms with Crippen molar-refractivity contribution < 1.29 is 8.84 Å². The summed E-state index contributed by atoms with van der Waals surface area (Å²) in [5.41, 5.74) is 0.625. The lowest BCUT2D eigenvalue weighted by atomic mass is 10.2. The Kier molecular flexibility index (Phi) is 4.96. The zero-order chi connectivity index (χ0) is 16.5. The summed E-state index contributed by atoms with van der Waals surface area (Å²) in [5.74, 6) is 0.783. The molecule has 8 heteroatoms. The largest absolute Gasteiger partial charge is 0.418 e. The Morgan fingerprint density at radius 1 is 1.23 bits per heavy atom. The molecule has 22 heavy (non-hydrogen) atoms. The first-order valence-electron chi connectivity index (χ1n) is 6.88. The molecule has 0 atom stereocenters. The quantitative estimate of drug-likeness (QED) is 0.570. The van der Waals surface area contributed by atoms with Gasteiger partial charge in [-0.05, 0) is 24.2 Å². The number of hydrogen-bond acceptors (Lipinski definition) is 5. The third-order valence-corrected chi connectivity index (χ3v) is 9.04. The van der Waals surface area contributed by atoms with E-state index in [1.807, 2.05) is 0 Å². The van der Waals surface area contributed by atoms with E-state index in [2.05, 4.69) is 49.0 Å². The number of pyridine rings is 1. The number of halogens is 2. The van der Waals surface area contributed by atoms with Crippen molar-refractivity contribution in [2.45, 2.75) is 45.5 Å². The molecule has 0 saturated heterocycles. The molecule has 0 N–H and O–H groups in total. The minimum atomic E-state index is -1.85. The third kappa shape index (κ3) is 3.87. The summed E-state index contributed by atoms with van der Waals surface area (Å²) in [7, 11) is -1.85. The molecule has 0 aromatic carbocycles. The van der Waals surface area contributed by atoms with Crippen molar-refractivity contribution in [3.63, 3.8) is 0 Å². The van der Waals surface area contributed by atoms with Crippen LogP contribution in [0, 0.1) is 0 Å². The summed E-state index contributed by atoms with van der Waals surface area (Å²) in [5, 5.41) is 8.72. The fraction of sp³-hybridized carbons (Fsp3) is 0.500. The molecule has 2 aromatic rings. The number of rotatable bonds is 4. The Morgan fingerprint density at radius 2 is 1.91 bits per heavy atom. The third-order valence-electron chi connectivity index (χ3n) is 3.87. The summed E-state index contributed by atoms with van der Waals surface area (Å²) in [6.45, 7) is 11.2. The van der Waals surface area contributed by atoms with E-state index in [0.29, 0.717) is 29.0 Å². The number of nitrogens with zero attached hydrogens (tertiary/aromatic N) is 3. The number of hydrogen-bond donors (Lipinski definition) is 0. The van der Waals surface area contributed by atoms with Crippen LogP contribution in [0.4, 0.5) is 0 Å². The molecule has 120 valence electrons. The van der Waals surface area contributed by atoms with E-state index in [9.17, 15) is 0 Å². The molecule has 0 aliphatic carbocycles. The van der Waals surface area contributed by atoms with Crippen molar-refractivity contribution in [2.75, 3.05) is 0 Å². The molecule has 0 radical (unpaired) electrons. The molecule has 5 nitrogen and oxygen atoms in total. The average molecular weight is 360 g/mol. The maximum absolute atomic E-state index is 6.05. The van der Waals surface area contributed by atoms with E-state index < -0.39 is 8.32 Å². The lowest BCUT2D eigenvalue weighted by molar-refractivity contribution is 0.241. The normalized spacial score (nSPS) is 12.7. The van der Waals surface area contributed by atoms with Crippen LogP contribution < -0.4 is 0 Å². The molecule has 0 fully saturated rings. The molecule has 2 heterocycles. The Balaban J connectivity index is 2.10. The Hall–Kier alpha value is -0.953. The SMILES string of the molecule is CC(C)(C)[Si](C)(C)OCc1nnc(-c2cnc(Cl)c(Cl)c2)o1. The van der Waals surface area contributed by atoms with E-state index in [4.69, 9.17) is 32.0 Å². The zero-order valence-electron chi connectivity index (χ0n) is 13.3. The molecule has 0 aliphatic heterocycles. The molecular weight excluding hydrogens is 341 g/mol. The van der Waals surface area contributed by atoms with Gasteiger partial charge in [0.15, 0.2) is 8.32 Å². The molecule has 2 rings (SSSR count). The molecule has 0 aliphatic rings. The Bertz CT molecular complexity index is 668. The van der Waals surface area contributed by atoms with Crippen LogP contribution in [-0.4, -0.2) is 23.5 Å². The van der Waals surface area contributed by atoms with Gasteiger partial charge in [0.25, 0.3) is 0 Å². The highest BCUT2D eigenvalue weighted by Crippen LogP contribution is 2.37. The number of aromatic nitrogens is 3. The van der Waals surface area contributed by atoms with Crippen LogP contribution in [-0.2, 0) is 11.0 Å². The molecule has 0 bridgehead atoms. The van der Waals surface area contributed by atoms with Gasteiger partial charge in [0, 0.05) is 6.20 Å². The average Bonchev–Trinajstić information content (AvgIpc) is 2.87. The highest BCUT2D eigenvalue weighted by atomic mass is 35.5. The van der Waals surface area contributed by atoms with Gasteiger partial charge in [0.2, 0.25) is 11.8 Å². The van der Waals surface area contributed by atoms with Crippen molar-refractivity contribution >= 4 is 31.5 Å². The molecular formula is C14H19Cl2N3O2Si. The summed E-state index contributed by atoms with van der Waals surface area (Å²) in [6.07, 6.45) is 1.54. The predicted molar refractivity (Wildman–Crippen MR) is 89.5 cm³/mol. The molecule has 2 aromatic heterocycles. The van der Waals surface area contributed by atoms with Gasteiger partial charge in [-0.1, -0.05) is 44.0 Å². The summed E-state index contributed by atoms with van der Waals surface area (Å²) in [4.78, 5) is 3.96. The second-order valence-corrected chi connectivity index (χ2v) is 12.1. The highest BCUT2D eigenvalue weighted by molar-refractivity contribution is 6.74.